The van der Waals surface area contributed by atoms with Crippen LogP contribution in [0.25, 0.3) is 10.9 Å². The summed E-state index contributed by atoms with van der Waals surface area (Å²) in [5.74, 6) is 0.151. The molecule has 2 N–H and O–H groups in total. The summed E-state index contributed by atoms with van der Waals surface area (Å²) in [6, 6.07) is 10.4. The molecular formula is C18H22N4O. The lowest BCUT2D eigenvalue weighted by Gasteiger charge is -2.09. The van der Waals surface area contributed by atoms with Crippen LogP contribution in [0.2, 0.25) is 0 Å². The number of imidazole rings is 1. The Kier molecular flexibility index (Phi) is 3.94. The van der Waals surface area contributed by atoms with Gasteiger partial charge >= 0.3 is 0 Å². The number of aromatic hydroxyl groups is 1. The van der Waals surface area contributed by atoms with Gasteiger partial charge in [-0.1, -0.05) is 18.2 Å². The molecule has 5 heteroatoms. The average Bonchev–Trinajstić information content (AvgIpc) is 3.08. The van der Waals surface area contributed by atoms with Crippen molar-refractivity contribution in [2.75, 3.05) is 0 Å². The number of hydrogen-bond acceptors (Lipinski definition) is 3. The van der Waals surface area contributed by atoms with Crippen LogP contribution in [0, 0.1) is 0 Å². The van der Waals surface area contributed by atoms with E-state index in [1.165, 1.54) is 0 Å². The Labute approximate surface area is 135 Å². The molecule has 2 heterocycles. The van der Waals surface area contributed by atoms with Crippen molar-refractivity contribution in [2.45, 2.75) is 39.8 Å². The Morgan fingerprint density at radius 1 is 1.22 bits per heavy atom. The highest BCUT2D eigenvalue weighted by atomic mass is 16.3. The molecule has 5 nitrogen and oxygen atoms in total. The number of aromatic nitrogens is 3. The van der Waals surface area contributed by atoms with E-state index in [4.69, 9.17) is 4.99 Å². The minimum atomic E-state index is 0.0972. The third-order valence-corrected chi connectivity index (χ3v) is 3.72. The number of para-hydroxylation sites is 1. The minimum absolute atomic E-state index is 0.0972. The van der Waals surface area contributed by atoms with E-state index in [0.717, 1.165) is 16.6 Å². The van der Waals surface area contributed by atoms with Crippen LogP contribution in [0.5, 0.6) is 5.88 Å². The molecule has 1 aromatic carbocycles. The van der Waals surface area contributed by atoms with Gasteiger partial charge in [0.15, 0.2) is 5.69 Å². The third-order valence-electron chi connectivity index (χ3n) is 3.72. The van der Waals surface area contributed by atoms with E-state index in [9.17, 15) is 5.11 Å². The smallest absolute Gasteiger partial charge is 0.221 e. The standard InChI is InChI=1S/C18H22N4O/c1-11(2)20-16(17-18(23)22(10-19-17)12(3)4)15-9-13-7-5-6-8-14(13)21-15/h5-12,21,23H,1-4H3. The number of nitrogens with one attached hydrogen (secondary N) is 1. The predicted molar refractivity (Wildman–Crippen MR) is 93.4 cm³/mol. The van der Waals surface area contributed by atoms with Gasteiger partial charge in [0, 0.05) is 23.0 Å². The molecule has 2 aromatic heterocycles. The van der Waals surface area contributed by atoms with Crippen LogP contribution in [-0.4, -0.2) is 31.4 Å². The second-order valence-electron chi connectivity index (χ2n) is 6.26. The highest BCUT2D eigenvalue weighted by Gasteiger charge is 2.20. The first kappa shape index (κ1) is 15.3. The summed E-state index contributed by atoms with van der Waals surface area (Å²) in [6.45, 7) is 8.04. The summed E-state index contributed by atoms with van der Waals surface area (Å²) in [5.41, 5.74) is 3.11. The fraction of sp³-hybridized carbons (Fsp3) is 0.333. The number of rotatable bonds is 4. The van der Waals surface area contributed by atoms with Crippen molar-refractivity contribution in [1.29, 1.82) is 0 Å². The summed E-state index contributed by atoms with van der Waals surface area (Å²) < 4.78 is 1.74. The Morgan fingerprint density at radius 2 is 1.96 bits per heavy atom. The maximum Gasteiger partial charge on any atom is 0.221 e. The van der Waals surface area contributed by atoms with Crippen LogP contribution < -0.4 is 0 Å². The Hall–Kier alpha value is -2.56. The summed E-state index contributed by atoms with van der Waals surface area (Å²) in [4.78, 5) is 12.5. The first-order valence-electron chi connectivity index (χ1n) is 7.89. The molecule has 0 saturated heterocycles. The van der Waals surface area contributed by atoms with Crippen LogP contribution in [0.15, 0.2) is 41.7 Å². The van der Waals surface area contributed by atoms with Gasteiger partial charge in [0.05, 0.1) is 12.0 Å². The third kappa shape index (κ3) is 2.86. The first-order valence-corrected chi connectivity index (χ1v) is 7.89. The highest BCUT2D eigenvalue weighted by Crippen LogP contribution is 2.25. The molecule has 0 spiro atoms. The van der Waals surface area contributed by atoms with Crippen LogP contribution in [0.4, 0.5) is 0 Å². The Balaban J connectivity index is 2.16. The van der Waals surface area contributed by atoms with Crippen molar-refractivity contribution in [3.05, 3.63) is 48.0 Å². The molecular weight excluding hydrogens is 288 g/mol. The van der Waals surface area contributed by atoms with E-state index in [1.54, 1.807) is 10.9 Å². The van der Waals surface area contributed by atoms with E-state index < -0.39 is 0 Å². The largest absolute Gasteiger partial charge is 0.493 e. The zero-order chi connectivity index (χ0) is 16.6. The second kappa shape index (κ2) is 5.91. The summed E-state index contributed by atoms with van der Waals surface area (Å²) in [5, 5.41) is 11.6. The molecule has 0 unspecified atom stereocenters. The molecule has 0 aliphatic rings. The van der Waals surface area contributed by atoms with Gasteiger partial charge in [0.2, 0.25) is 5.88 Å². The van der Waals surface area contributed by atoms with Crippen molar-refractivity contribution in [3.63, 3.8) is 0 Å². The van der Waals surface area contributed by atoms with E-state index >= 15 is 0 Å². The molecule has 0 amide bonds. The van der Waals surface area contributed by atoms with Crippen molar-refractivity contribution >= 4 is 16.6 Å². The van der Waals surface area contributed by atoms with E-state index in [2.05, 4.69) is 16.0 Å². The van der Waals surface area contributed by atoms with E-state index in [0.29, 0.717) is 11.4 Å². The van der Waals surface area contributed by atoms with Gasteiger partial charge in [0.25, 0.3) is 0 Å². The van der Waals surface area contributed by atoms with Crippen LogP contribution in [0.3, 0.4) is 0 Å². The Bertz CT molecular complexity index is 822. The summed E-state index contributed by atoms with van der Waals surface area (Å²) in [7, 11) is 0. The molecule has 0 bridgehead atoms. The molecule has 120 valence electrons. The zero-order valence-electron chi connectivity index (χ0n) is 13.9. The lowest BCUT2D eigenvalue weighted by molar-refractivity contribution is 0.399. The summed E-state index contributed by atoms with van der Waals surface area (Å²) in [6.07, 6.45) is 1.66. The second-order valence-corrected chi connectivity index (χ2v) is 6.26. The van der Waals surface area contributed by atoms with Gasteiger partial charge in [-0.05, 0) is 39.8 Å². The number of nitrogens with zero attached hydrogens (tertiary/aromatic N) is 3. The fourth-order valence-corrected chi connectivity index (χ4v) is 2.62. The van der Waals surface area contributed by atoms with Crippen LogP contribution in [0.1, 0.15) is 45.1 Å². The van der Waals surface area contributed by atoms with Gasteiger partial charge in [0.1, 0.15) is 5.71 Å². The lowest BCUT2D eigenvalue weighted by atomic mass is 10.1. The predicted octanol–water partition coefficient (Wildman–Crippen LogP) is 3.90. The van der Waals surface area contributed by atoms with Crippen molar-refractivity contribution in [3.8, 4) is 5.88 Å². The SMILES string of the molecule is CC(C)N=C(c1cc2ccccc2[nH]1)c1ncn(C(C)C)c1O. The van der Waals surface area contributed by atoms with Crippen molar-refractivity contribution in [2.24, 2.45) is 4.99 Å². The van der Waals surface area contributed by atoms with Gasteiger partial charge in [-0.3, -0.25) is 9.56 Å². The van der Waals surface area contributed by atoms with Gasteiger partial charge in [-0.15, -0.1) is 0 Å². The monoisotopic (exact) mass is 310 g/mol. The fourth-order valence-electron chi connectivity index (χ4n) is 2.62. The maximum atomic E-state index is 10.5. The zero-order valence-corrected chi connectivity index (χ0v) is 13.9. The molecule has 0 fully saturated rings. The molecule has 3 rings (SSSR count). The number of fused-ring (bicyclic) bond motifs is 1. The maximum absolute atomic E-state index is 10.5. The molecule has 3 aromatic rings. The lowest BCUT2D eigenvalue weighted by Crippen LogP contribution is -2.09. The van der Waals surface area contributed by atoms with Gasteiger partial charge in [-0.25, -0.2) is 4.98 Å². The van der Waals surface area contributed by atoms with E-state index in [1.807, 2.05) is 52.0 Å². The van der Waals surface area contributed by atoms with Gasteiger partial charge < -0.3 is 10.1 Å². The van der Waals surface area contributed by atoms with Crippen molar-refractivity contribution < 1.29 is 5.11 Å². The number of hydrogen-bond donors (Lipinski definition) is 2. The Morgan fingerprint density at radius 3 is 2.57 bits per heavy atom. The quantitative estimate of drug-likeness (QED) is 0.718. The normalized spacial score (nSPS) is 12.7. The average molecular weight is 310 g/mol. The minimum Gasteiger partial charge on any atom is -0.493 e. The topological polar surface area (TPSA) is 66.2 Å². The number of benzene rings is 1. The van der Waals surface area contributed by atoms with Crippen LogP contribution in [-0.2, 0) is 0 Å². The first-order chi connectivity index (χ1) is 11.0. The number of aromatic amines is 1. The highest BCUT2D eigenvalue weighted by molar-refractivity contribution is 6.13. The molecule has 0 aliphatic heterocycles. The number of aliphatic imine (C=N–C) groups is 1. The molecule has 23 heavy (non-hydrogen) atoms. The van der Waals surface area contributed by atoms with Crippen molar-refractivity contribution in [1.82, 2.24) is 14.5 Å². The number of H-pyrrole nitrogens is 1. The summed E-state index contributed by atoms with van der Waals surface area (Å²) >= 11 is 0. The van der Waals surface area contributed by atoms with E-state index in [-0.39, 0.29) is 18.0 Å². The molecule has 0 saturated carbocycles. The molecule has 0 aliphatic carbocycles. The molecule has 0 atom stereocenters. The van der Waals surface area contributed by atoms with Gasteiger partial charge in [-0.2, -0.15) is 0 Å². The van der Waals surface area contributed by atoms with Crippen LogP contribution >= 0.6 is 0 Å². The molecule has 0 radical (unpaired) electrons.